The van der Waals surface area contributed by atoms with E-state index in [-0.39, 0.29) is 6.04 Å². The summed E-state index contributed by atoms with van der Waals surface area (Å²) in [6.45, 7) is 1.38. The van der Waals surface area contributed by atoms with Gasteiger partial charge in [-0.1, -0.05) is 6.07 Å². The first-order chi connectivity index (χ1) is 8.52. The van der Waals surface area contributed by atoms with Crippen molar-refractivity contribution in [1.82, 2.24) is 0 Å². The molecule has 0 bridgehead atoms. The molecular weight excluding hydrogens is 252 g/mol. The summed E-state index contributed by atoms with van der Waals surface area (Å²) in [4.78, 5) is 0.345. The van der Waals surface area contributed by atoms with Crippen LogP contribution in [-0.2, 0) is 14.6 Å². The molecule has 0 fully saturated rings. The summed E-state index contributed by atoms with van der Waals surface area (Å²) in [5.74, 6) is 0. The van der Waals surface area contributed by atoms with Gasteiger partial charge in [0.15, 0.2) is 9.84 Å². The number of methoxy groups -OCH3 is 1. The molecule has 5 nitrogen and oxygen atoms in total. The molecule has 2 rings (SSSR count). The van der Waals surface area contributed by atoms with Gasteiger partial charge in [-0.2, -0.15) is 0 Å². The number of para-hydroxylation sites is 1. The van der Waals surface area contributed by atoms with Crippen molar-refractivity contribution in [3.8, 4) is 0 Å². The smallest absolute Gasteiger partial charge is 0.177 e. The number of rotatable bonds is 4. The molecule has 6 heteroatoms. The largest absolute Gasteiger partial charge is 0.385 e. The van der Waals surface area contributed by atoms with Crippen LogP contribution in [0.25, 0.3) is 0 Å². The summed E-state index contributed by atoms with van der Waals surface area (Å²) < 4.78 is 28.4. The SMILES string of the molecule is COCCC1CNc2c(cccc2S(C)(=O)=O)N1. The highest BCUT2D eigenvalue weighted by atomic mass is 32.2. The minimum Gasteiger partial charge on any atom is -0.385 e. The minimum atomic E-state index is -3.21. The molecule has 1 aromatic carbocycles. The molecular formula is C12H18N2O3S. The van der Waals surface area contributed by atoms with Crippen LogP contribution in [0.2, 0.25) is 0 Å². The van der Waals surface area contributed by atoms with Gasteiger partial charge in [-0.25, -0.2) is 8.42 Å². The molecule has 1 aromatic rings. The fraction of sp³-hybridized carbons (Fsp3) is 0.500. The van der Waals surface area contributed by atoms with Crippen LogP contribution in [0.4, 0.5) is 11.4 Å². The molecule has 100 valence electrons. The van der Waals surface area contributed by atoms with Crippen molar-refractivity contribution in [2.75, 3.05) is 37.2 Å². The summed E-state index contributed by atoms with van der Waals surface area (Å²) in [6, 6.07) is 5.52. The first-order valence-corrected chi connectivity index (χ1v) is 7.74. The number of benzene rings is 1. The van der Waals surface area contributed by atoms with E-state index in [1.165, 1.54) is 6.26 Å². The number of nitrogens with one attached hydrogen (secondary N) is 2. The van der Waals surface area contributed by atoms with Crippen LogP contribution in [0, 0.1) is 0 Å². The summed E-state index contributed by atoms with van der Waals surface area (Å²) in [5.41, 5.74) is 1.51. The fourth-order valence-corrected chi connectivity index (χ4v) is 2.95. The van der Waals surface area contributed by atoms with Gasteiger partial charge in [-0.05, 0) is 18.6 Å². The Labute approximate surface area is 107 Å². The van der Waals surface area contributed by atoms with Crippen molar-refractivity contribution in [1.29, 1.82) is 0 Å². The van der Waals surface area contributed by atoms with Gasteiger partial charge in [0.1, 0.15) is 0 Å². The zero-order valence-electron chi connectivity index (χ0n) is 10.6. The first kappa shape index (κ1) is 13.2. The highest BCUT2D eigenvalue weighted by Gasteiger charge is 2.22. The van der Waals surface area contributed by atoms with Gasteiger partial charge in [-0.15, -0.1) is 0 Å². The lowest BCUT2D eigenvalue weighted by Gasteiger charge is -2.29. The van der Waals surface area contributed by atoms with Crippen LogP contribution in [0.15, 0.2) is 23.1 Å². The Balaban J connectivity index is 2.25. The summed E-state index contributed by atoms with van der Waals surface area (Å²) >= 11 is 0. The normalized spacial score (nSPS) is 18.7. The summed E-state index contributed by atoms with van der Waals surface area (Å²) in [7, 11) is -1.53. The molecule has 0 saturated carbocycles. The summed E-state index contributed by atoms with van der Waals surface area (Å²) in [5, 5.41) is 6.54. The van der Waals surface area contributed by atoms with Crippen LogP contribution in [-0.4, -0.2) is 41.0 Å². The molecule has 0 saturated heterocycles. The van der Waals surface area contributed by atoms with E-state index in [2.05, 4.69) is 10.6 Å². The molecule has 0 aromatic heterocycles. The fourth-order valence-electron chi connectivity index (χ4n) is 2.07. The van der Waals surface area contributed by atoms with Gasteiger partial charge < -0.3 is 15.4 Å². The van der Waals surface area contributed by atoms with Gasteiger partial charge >= 0.3 is 0 Å². The standard InChI is InChI=1S/C12H18N2O3S/c1-17-7-6-9-8-13-12-10(14-9)4-3-5-11(12)18(2,15)16/h3-5,9,13-14H,6-8H2,1-2H3. The zero-order valence-corrected chi connectivity index (χ0v) is 11.4. The Morgan fingerprint density at radius 3 is 2.89 bits per heavy atom. The average Bonchev–Trinajstić information content (AvgIpc) is 2.34. The number of hydrogen-bond donors (Lipinski definition) is 2. The maximum absolute atomic E-state index is 11.7. The average molecular weight is 270 g/mol. The third-order valence-electron chi connectivity index (χ3n) is 2.98. The van der Waals surface area contributed by atoms with E-state index >= 15 is 0 Å². The molecule has 2 N–H and O–H groups in total. The second-order valence-corrected chi connectivity index (χ2v) is 6.44. The van der Waals surface area contributed by atoms with Crippen molar-refractivity contribution >= 4 is 21.2 Å². The van der Waals surface area contributed by atoms with Crippen molar-refractivity contribution in [2.45, 2.75) is 17.4 Å². The van der Waals surface area contributed by atoms with Gasteiger partial charge in [0.2, 0.25) is 0 Å². The van der Waals surface area contributed by atoms with E-state index in [0.717, 1.165) is 12.1 Å². The van der Waals surface area contributed by atoms with Crippen molar-refractivity contribution in [3.05, 3.63) is 18.2 Å². The Morgan fingerprint density at radius 2 is 2.22 bits per heavy atom. The number of fused-ring (bicyclic) bond motifs is 1. The van der Waals surface area contributed by atoms with Crippen molar-refractivity contribution < 1.29 is 13.2 Å². The zero-order chi connectivity index (χ0) is 13.2. The Bertz CT molecular complexity index is 528. The van der Waals surface area contributed by atoms with E-state index < -0.39 is 9.84 Å². The van der Waals surface area contributed by atoms with Gasteiger partial charge in [0.25, 0.3) is 0 Å². The number of hydrogen-bond acceptors (Lipinski definition) is 5. The van der Waals surface area contributed by atoms with E-state index in [9.17, 15) is 8.42 Å². The Hall–Kier alpha value is -1.27. The third kappa shape index (κ3) is 2.76. The quantitative estimate of drug-likeness (QED) is 0.864. The van der Waals surface area contributed by atoms with Gasteiger partial charge in [0, 0.05) is 32.6 Å². The molecule has 1 unspecified atom stereocenters. The lowest BCUT2D eigenvalue weighted by atomic mass is 10.1. The van der Waals surface area contributed by atoms with E-state index in [1.54, 1.807) is 19.2 Å². The molecule has 0 amide bonds. The first-order valence-electron chi connectivity index (χ1n) is 5.85. The topological polar surface area (TPSA) is 67.4 Å². The van der Waals surface area contributed by atoms with Crippen LogP contribution in [0.1, 0.15) is 6.42 Å². The van der Waals surface area contributed by atoms with E-state index in [4.69, 9.17) is 4.74 Å². The van der Waals surface area contributed by atoms with Crippen LogP contribution < -0.4 is 10.6 Å². The molecule has 1 aliphatic heterocycles. The van der Waals surface area contributed by atoms with Crippen molar-refractivity contribution in [2.24, 2.45) is 0 Å². The predicted octanol–water partition coefficient (Wildman–Crippen LogP) is 1.33. The lowest BCUT2D eigenvalue weighted by Crippen LogP contribution is -2.34. The van der Waals surface area contributed by atoms with Gasteiger partial charge in [0.05, 0.1) is 16.3 Å². The van der Waals surface area contributed by atoms with Crippen LogP contribution >= 0.6 is 0 Å². The number of anilines is 2. The highest BCUT2D eigenvalue weighted by Crippen LogP contribution is 2.33. The van der Waals surface area contributed by atoms with Crippen LogP contribution in [0.5, 0.6) is 0 Å². The number of sulfone groups is 1. The molecule has 1 aliphatic rings. The van der Waals surface area contributed by atoms with Gasteiger partial charge in [-0.3, -0.25) is 0 Å². The van der Waals surface area contributed by atoms with E-state index in [1.807, 2.05) is 6.07 Å². The third-order valence-corrected chi connectivity index (χ3v) is 4.12. The summed E-state index contributed by atoms with van der Waals surface area (Å²) in [6.07, 6.45) is 2.10. The Morgan fingerprint density at radius 1 is 1.44 bits per heavy atom. The molecule has 1 atom stereocenters. The highest BCUT2D eigenvalue weighted by molar-refractivity contribution is 7.90. The predicted molar refractivity (Wildman–Crippen MR) is 71.9 cm³/mol. The maximum atomic E-state index is 11.7. The second-order valence-electron chi connectivity index (χ2n) is 4.45. The molecule has 0 aliphatic carbocycles. The van der Waals surface area contributed by atoms with Crippen LogP contribution in [0.3, 0.4) is 0 Å². The minimum absolute atomic E-state index is 0.257. The molecule has 0 radical (unpaired) electrons. The number of ether oxygens (including phenoxy) is 1. The van der Waals surface area contributed by atoms with E-state index in [0.29, 0.717) is 23.7 Å². The molecule has 0 spiro atoms. The Kier molecular flexibility index (Phi) is 3.77. The maximum Gasteiger partial charge on any atom is 0.177 e. The monoisotopic (exact) mass is 270 g/mol. The van der Waals surface area contributed by atoms with Crippen molar-refractivity contribution in [3.63, 3.8) is 0 Å². The lowest BCUT2D eigenvalue weighted by molar-refractivity contribution is 0.190. The molecule has 1 heterocycles. The second kappa shape index (κ2) is 5.16. The molecule has 18 heavy (non-hydrogen) atoms.